The van der Waals surface area contributed by atoms with E-state index in [-0.39, 0.29) is 17.5 Å². The van der Waals surface area contributed by atoms with Crippen LogP contribution in [-0.2, 0) is 0 Å². The van der Waals surface area contributed by atoms with Crippen molar-refractivity contribution in [2.45, 2.75) is 25.4 Å². The molecule has 0 saturated carbocycles. The maximum Gasteiger partial charge on any atom is 0.254 e. The monoisotopic (exact) mass is 251 g/mol. The lowest BCUT2D eigenvalue weighted by atomic mass is 10.0. The molecule has 2 aromatic carbocycles. The highest BCUT2D eigenvalue weighted by atomic mass is 16.2. The van der Waals surface area contributed by atoms with Crippen molar-refractivity contribution in [2.75, 3.05) is 0 Å². The first-order chi connectivity index (χ1) is 9.12. The van der Waals surface area contributed by atoms with Gasteiger partial charge in [0.15, 0.2) is 0 Å². The van der Waals surface area contributed by atoms with Gasteiger partial charge in [0, 0.05) is 5.56 Å². The van der Waals surface area contributed by atoms with Crippen LogP contribution in [0.15, 0.2) is 60.7 Å². The Hall–Kier alpha value is -2.09. The van der Waals surface area contributed by atoms with Gasteiger partial charge in [0.2, 0.25) is 0 Å². The smallest absolute Gasteiger partial charge is 0.254 e. The van der Waals surface area contributed by atoms with E-state index in [1.807, 2.05) is 53.4 Å². The molecule has 2 nitrogen and oxygen atoms in total. The molecule has 1 unspecified atom stereocenters. The van der Waals surface area contributed by atoms with Gasteiger partial charge in [-0.15, -0.1) is 0 Å². The average Bonchev–Trinajstić information content (AvgIpc) is 3.02. The van der Waals surface area contributed by atoms with Crippen molar-refractivity contribution in [3.8, 4) is 0 Å². The first-order valence-corrected chi connectivity index (χ1v) is 6.56. The van der Waals surface area contributed by atoms with E-state index in [0.29, 0.717) is 0 Å². The highest BCUT2D eigenvalue weighted by molar-refractivity contribution is 5.97. The van der Waals surface area contributed by atoms with Crippen LogP contribution in [0.4, 0.5) is 0 Å². The standard InChI is InChI=1S/C17H17NO/c1-17(2)15(13-9-5-3-6-10-13)18(17)16(19)14-11-7-4-8-12-14/h3-12,15H,1-2H3. The summed E-state index contributed by atoms with van der Waals surface area (Å²) in [6.45, 7) is 4.23. The summed E-state index contributed by atoms with van der Waals surface area (Å²) in [6.07, 6.45) is 0. The van der Waals surface area contributed by atoms with E-state index < -0.39 is 0 Å². The molecule has 1 atom stereocenters. The predicted molar refractivity (Wildman–Crippen MR) is 75.9 cm³/mol. The molecule has 1 aliphatic rings. The summed E-state index contributed by atoms with van der Waals surface area (Å²) in [6, 6.07) is 19.9. The molecule has 0 spiro atoms. The Kier molecular flexibility index (Phi) is 2.67. The summed E-state index contributed by atoms with van der Waals surface area (Å²) >= 11 is 0. The molecule has 1 fully saturated rings. The van der Waals surface area contributed by atoms with Gasteiger partial charge in [-0.25, -0.2) is 0 Å². The normalized spacial score (nSPS) is 20.1. The predicted octanol–water partition coefficient (Wildman–Crippen LogP) is 3.66. The molecule has 19 heavy (non-hydrogen) atoms. The SMILES string of the molecule is CC1(C)C(c2ccccc2)N1C(=O)c1ccccc1. The molecular weight excluding hydrogens is 234 g/mol. The maximum atomic E-state index is 12.5. The minimum Gasteiger partial charge on any atom is -0.322 e. The Balaban J connectivity index is 1.89. The number of hydrogen-bond acceptors (Lipinski definition) is 1. The molecule has 2 heteroatoms. The number of nitrogens with zero attached hydrogens (tertiary/aromatic N) is 1. The van der Waals surface area contributed by atoms with E-state index in [0.717, 1.165) is 5.56 Å². The zero-order chi connectivity index (χ0) is 13.5. The Morgan fingerprint density at radius 3 is 2.05 bits per heavy atom. The molecular formula is C17H17NO. The van der Waals surface area contributed by atoms with Crippen molar-refractivity contribution >= 4 is 5.91 Å². The molecule has 0 bridgehead atoms. The summed E-state index contributed by atoms with van der Waals surface area (Å²) in [7, 11) is 0. The van der Waals surface area contributed by atoms with Gasteiger partial charge in [-0.1, -0.05) is 48.5 Å². The average molecular weight is 251 g/mol. The molecule has 3 rings (SSSR count). The number of amides is 1. The largest absolute Gasteiger partial charge is 0.322 e. The molecule has 1 amide bonds. The summed E-state index contributed by atoms with van der Waals surface area (Å²) in [5.74, 6) is 0.111. The molecule has 1 heterocycles. The van der Waals surface area contributed by atoms with Crippen molar-refractivity contribution < 1.29 is 4.79 Å². The lowest BCUT2D eigenvalue weighted by Gasteiger charge is -2.06. The topological polar surface area (TPSA) is 20.1 Å². The zero-order valence-electron chi connectivity index (χ0n) is 11.2. The molecule has 0 N–H and O–H groups in total. The minimum atomic E-state index is -0.103. The number of carbonyl (C=O) groups excluding carboxylic acids is 1. The number of carbonyl (C=O) groups is 1. The van der Waals surface area contributed by atoms with Crippen LogP contribution in [0.1, 0.15) is 35.8 Å². The van der Waals surface area contributed by atoms with Gasteiger partial charge in [0.1, 0.15) is 0 Å². The van der Waals surface area contributed by atoms with Crippen LogP contribution < -0.4 is 0 Å². The van der Waals surface area contributed by atoms with Gasteiger partial charge in [-0.2, -0.15) is 0 Å². The summed E-state index contributed by atoms with van der Waals surface area (Å²) in [4.78, 5) is 14.5. The first-order valence-electron chi connectivity index (χ1n) is 6.56. The summed E-state index contributed by atoms with van der Waals surface area (Å²) < 4.78 is 0. The van der Waals surface area contributed by atoms with Gasteiger partial charge >= 0.3 is 0 Å². The van der Waals surface area contributed by atoms with E-state index in [4.69, 9.17) is 0 Å². The second kappa shape index (κ2) is 4.23. The van der Waals surface area contributed by atoms with Crippen LogP contribution in [0.2, 0.25) is 0 Å². The molecule has 0 aromatic heterocycles. The van der Waals surface area contributed by atoms with E-state index in [9.17, 15) is 4.79 Å². The third kappa shape index (κ3) is 1.93. The van der Waals surface area contributed by atoms with Crippen LogP contribution in [0.3, 0.4) is 0 Å². The number of benzene rings is 2. The van der Waals surface area contributed by atoms with Gasteiger partial charge in [0.05, 0.1) is 11.6 Å². The third-order valence-corrected chi connectivity index (χ3v) is 3.84. The Morgan fingerprint density at radius 1 is 0.947 bits per heavy atom. The molecule has 0 radical (unpaired) electrons. The molecule has 1 saturated heterocycles. The molecule has 2 aromatic rings. The van der Waals surface area contributed by atoms with E-state index in [1.165, 1.54) is 5.56 Å². The highest BCUT2D eigenvalue weighted by Gasteiger charge is 2.58. The second-order valence-corrected chi connectivity index (χ2v) is 5.51. The lowest BCUT2D eigenvalue weighted by molar-refractivity contribution is 0.0852. The Labute approximate surface area is 113 Å². The molecule has 1 aliphatic heterocycles. The van der Waals surface area contributed by atoms with Crippen molar-refractivity contribution in [3.05, 3.63) is 71.8 Å². The van der Waals surface area contributed by atoms with Crippen LogP contribution >= 0.6 is 0 Å². The lowest BCUT2D eigenvalue weighted by Crippen LogP contribution is -2.17. The zero-order valence-corrected chi connectivity index (χ0v) is 11.2. The Morgan fingerprint density at radius 2 is 1.47 bits per heavy atom. The van der Waals surface area contributed by atoms with Crippen molar-refractivity contribution in [1.29, 1.82) is 0 Å². The fourth-order valence-electron chi connectivity index (χ4n) is 2.78. The maximum absolute atomic E-state index is 12.5. The van der Waals surface area contributed by atoms with Crippen LogP contribution in [0.25, 0.3) is 0 Å². The van der Waals surface area contributed by atoms with Crippen molar-refractivity contribution in [2.24, 2.45) is 0 Å². The number of hydrogen-bond donors (Lipinski definition) is 0. The van der Waals surface area contributed by atoms with E-state index >= 15 is 0 Å². The second-order valence-electron chi connectivity index (χ2n) is 5.51. The van der Waals surface area contributed by atoms with Crippen molar-refractivity contribution in [3.63, 3.8) is 0 Å². The first kappa shape index (κ1) is 12.0. The fourth-order valence-corrected chi connectivity index (χ4v) is 2.78. The van der Waals surface area contributed by atoms with Gasteiger partial charge < -0.3 is 4.90 Å². The van der Waals surface area contributed by atoms with Gasteiger partial charge in [-0.3, -0.25) is 4.79 Å². The molecule has 96 valence electrons. The Bertz CT molecular complexity index is 589. The minimum absolute atomic E-state index is 0.103. The summed E-state index contributed by atoms with van der Waals surface area (Å²) in [5, 5.41) is 0. The van der Waals surface area contributed by atoms with Crippen LogP contribution in [0, 0.1) is 0 Å². The highest BCUT2D eigenvalue weighted by Crippen LogP contribution is 2.53. The third-order valence-electron chi connectivity index (χ3n) is 3.84. The quantitative estimate of drug-likeness (QED) is 0.746. The van der Waals surface area contributed by atoms with E-state index in [2.05, 4.69) is 26.0 Å². The molecule has 0 aliphatic carbocycles. The van der Waals surface area contributed by atoms with E-state index in [1.54, 1.807) is 0 Å². The van der Waals surface area contributed by atoms with Gasteiger partial charge in [0.25, 0.3) is 5.91 Å². The van der Waals surface area contributed by atoms with Crippen molar-refractivity contribution in [1.82, 2.24) is 4.90 Å². The van der Waals surface area contributed by atoms with Crippen LogP contribution in [0.5, 0.6) is 0 Å². The van der Waals surface area contributed by atoms with Gasteiger partial charge in [-0.05, 0) is 31.5 Å². The summed E-state index contributed by atoms with van der Waals surface area (Å²) in [5.41, 5.74) is 1.86. The fraction of sp³-hybridized carbons (Fsp3) is 0.235. The number of rotatable bonds is 2. The van der Waals surface area contributed by atoms with Crippen LogP contribution in [-0.4, -0.2) is 16.3 Å².